The van der Waals surface area contributed by atoms with Crippen molar-refractivity contribution in [1.29, 1.82) is 0 Å². The van der Waals surface area contributed by atoms with E-state index in [2.05, 4.69) is 25.5 Å². The van der Waals surface area contributed by atoms with Crippen LogP contribution < -0.4 is 4.72 Å². The van der Waals surface area contributed by atoms with E-state index in [1.54, 1.807) is 36.2 Å². The van der Waals surface area contributed by atoms with Crippen LogP contribution >= 0.6 is 11.9 Å². The average molecular weight is 307 g/mol. The quantitative estimate of drug-likeness (QED) is 0.790. The largest absolute Gasteiger partial charge is 0.252 e. The Hall–Kier alpha value is -1.39. The second-order valence-corrected chi connectivity index (χ2v) is 7.53. The van der Waals surface area contributed by atoms with Crippen LogP contribution in [0, 0.1) is 11.6 Å². The Kier molecular flexibility index (Phi) is 5.01. The van der Waals surface area contributed by atoms with Crippen molar-refractivity contribution in [2.45, 2.75) is 31.6 Å². The molecule has 0 radical (unpaired) electrons. The summed E-state index contributed by atoms with van der Waals surface area (Å²) >= 11 is 1.60. The second-order valence-electron chi connectivity index (χ2n) is 5.87. The molecule has 0 spiro atoms. The van der Waals surface area contributed by atoms with Gasteiger partial charge in [0, 0.05) is 4.75 Å². The van der Waals surface area contributed by atoms with E-state index in [0.29, 0.717) is 0 Å². The van der Waals surface area contributed by atoms with Gasteiger partial charge in [0.25, 0.3) is 0 Å². The molecule has 0 saturated heterocycles. The third kappa shape index (κ3) is 4.83. The van der Waals surface area contributed by atoms with Gasteiger partial charge in [-0.15, -0.1) is 0 Å². The summed E-state index contributed by atoms with van der Waals surface area (Å²) in [4.78, 5) is 0. The third-order valence-electron chi connectivity index (χ3n) is 2.89. The van der Waals surface area contributed by atoms with Gasteiger partial charge in [0.05, 0.1) is 6.04 Å². The molecule has 2 aromatic rings. The summed E-state index contributed by atoms with van der Waals surface area (Å²) in [5.41, 5.74) is 1.89. The number of benzene rings is 2. The van der Waals surface area contributed by atoms with E-state index >= 15 is 0 Å². The first-order chi connectivity index (χ1) is 9.85. The lowest BCUT2D eigenvalue weighted by molar-refractivity contribution is 0.624. The van der Waals surface area contributed by atoms with Gasteiger partial charge in [0.15, 0.2) is 0 Å². The van der Waals surface area contributed by atoms with Gasteiger partial charge in [-0.25, -0.2) is 8.78 Å². The Morgan fingerprint density at radius 3 is 1.52 bits per heavy atom. The highest BCUT2D eigenvalue weighted by Gasteiger charge is 2.18. The van der Waals surface area contributed by atoms with Crippen molar-refractivity contribution >= 4 is 11.9 Å². The van der Waals surface area contributed by atoms with Gasteiger partial charge in [0.1, 0.15) is 11.6 Å². The van der Waals surface area contributed by atoms with Crippen molar-refractivity contribution in [2.24, 2.45) is 0 Å². The SMILES string of the molecule is CC(C)(C)SNC(c1ccc(F)cc1)c1ccc(F)cc1. The third-order valence-corrected chi connectivity index (χ3v) is 3.86. The highest BCUT2D eigenvalue weighted by molar-refractivity contribution is 7.98. The number of rotatable bonds is 4. The van der Waals surface area contributed by atoms with Crippen molar-refractivity contribution < 1.29 is 8.78 Å². The number of nitrogens with one attached hydrogen (secondary N) is 1. The summed E-state index contributed by atoms with van der Waals surface area (Å²) in [5.74, 6) is -0.528. The van der Waals surface area contributed by atoms with Gasteiger partial charge in [-0.05, 0) is 56.2 Å². The second kappa shape index (κ2) is 6.58. The van der Waals surface area contributed by atoms with Gasteiger partial charge in [-0.1, -0.05) is 36.2 Å². The predicted molar refractivity (Wildman–Crippen MR) is 85.1 cm³/mol. The van der Waals surface area contributed by atoms with Crippen LogP contribution in [-0.4, -0.2) is 4.75 Å². The molecule has 0 heterocycles. The summed E-state index contributed by atoms with van der Waals surface area (Å²) < 4.78 is 29.7. The molecule has 0 fully saturated rings. The molecule has 0 aliphatic heterocycles. The van der Waals surface area contributed by atoms with E-state index in [-0.39, 0.29) is 22.4 Å². The summed E-state index contributed by atoms with van der Waals surface area (Å²) in [6, 6.07) is 12.6. The molecule has 0 atom stereocenters. The van der Waals surface area contributed by atoms with Crippen molar-refractivity contribution in [2.75, 3.05) is 0 Å². The Morgan fingerprint density at radius 2 is 1.19 bits per heavy atom. The van der Waals surface area contributed by atoms with Gasteiger partial charge in [-0.2, -0.15) is 0 Å². The standard InChI is InChI=1S/C17H19F2NS/c1-17(2,3)21-20-16(12-4-8-14(18)9-5-12)13-6-10-15(19)11-7-13/h4-11,16,20H,1-3H3. The molecule has 4 heteroatoms. The normalized spacial score (nSPS) is 11.9. The van der Waals surface area contributed by atoms with Crippen LogP contribution in [0.3, 0.4) is 0 Å². The van der Waals surface area contributed by atoms with Gasteiger partial charge in [0.2, 0.25) is 0 Å². The van der Waals surface area contributed by atoms with Gasteiger partial charge >= 0.3 is 0 Å². The Labute approximate surface area is 128 Å². The molecule has 1 nitrogen and oxygen atoms in total. The van der Waals surface area contributed by atoms with Gasteiger partial charge < -0.3 is 0 Å². The highest BCUT2D eigenvalue weighted by Crippen LogP contribution is 2.29. The minimum atomic E-state index is -0.264. The number of halogens is 2. The Balaban J connectivity index is 2.29. The molecule has 0 aromatic heterocycles. The minimum absolute atomic E-state index is 0.0400. The van der Waals surface area contributed by atoms with Crippen LogP contribution in [0.5, 0.6) is 0 Å². The molecule has 0 aliphatic rings. The fourth-order valence-corrected chi connectivity index (χ4v) is 2.62. The Bertz CT molecular complexity index is 528. The summed E-state index contributed by atoms with van der Waals surface area (Å²) in [6.07, 6.45) is 0. The first-order valence-corrected chi connectivity index (χ1v) is 7.61. The van der Waals surface area contributed by atoms with Crippen molar-refractivity contribution in [1.82, 2.24) is 4.72 Å². The lowest BCUT2D eigenvalue weighted by atomic mass is 10.00. The molecule has 0 aliphatic carbocycles. The summed E-state index contributed by atoms with van der Waals surface area (Å²) in [6.45, 7) is 6.32. The molecule has 1 N–H and O–H groups in total. The molecule has 0 saturated carbocycles. The van der Waals surface area contributed by atoms with Crippen LogP contribution in [0.4, 0.5) is 8.78 Å². The topological polar surface area (TPSA) is 12.0 Å². The van der Waals surface area contributed by atoms with E-state index < -0.39 is 0 Å². The molecule has 21 heavy (non-hydrogen) atoms. The molecule has 2 rings (SSSR count). The fraction of sp³-hybridized carbons (Fsp3) is 0.294. The zero-order chi connectivity index (χ0) is 15.5. The van der Waals surface area contributed by atoms with Crippen LogP contribution in [-0.2, 0) is 0 Å². The molecular formula is C17H19F2NS. The lowest BCUT2D eigenvalue weighted by Gasteiger charge is -2.25. The lowest BCUT2D eigenvalue weighted by Crippen LogP contribution is -2.22. The molecular weight excluding hydrogens is 288 g/mol. The van der Waals surface area contributed by atoms with E-state index in [9.17, 15) is 8.78 Å². The van der Waals surface area contributed by atoms with Crippen LogP contribution in [0.15, 0.2) is 48.5 Å². The fourth-order valence-electron chi connectivity index (χ4n) is 1.87. The van der Waals surface area contributed by atoms with Gasteiger partial charge in [-0.3, -0.25) is 4.72 Å². The summed E-state index contributed by atoms with van der Waals surface area (Å²) in [5, 5.41) is 0. The molecule has 0 unspecified atom stereocenters. The first-order valence-electron chi connectivity index (χ1n) is 6.79. The first kappa shape index (κ1) is 16.0. The molecule has 112 valence electrons. The number of hydrogen-bond donors (Lipinski definition) is 1. The highest BCUT2D eigenvalue weighted by atomic mass is 32.2. The maximum atomic E-state index is 13.1. The Morgan fingerprint density at radius 1 is 0.810 bits per heavy atom. The van der Waals surface area contributed by atoms with E-state index in [1.165, 1.54) is 24.3 Å². The molecule has 2 aromatic carbocycles. The monoisotopic (exact) mass is 307 g/mol. The van der Waals surface area contributed by atoms with Crippen LogP contribution in [0.2, 0.25) is 0 Å². The zero-order valence-corrected chi connectivity index (χ0v) is 13.2. The van der Waals surface area contributed by atoms with Crippen molar-refractivity contribution in [3.8, 4) is 0 Å². The molecule has 0 bridgehead atoms. The van der Waals surface area contributed by atoms with Crippen LogP contribution in [0.25, 0.3) is 0 Å². The van der Waals surface area contributed by atoms with Crippen LogP contribution in [0.1, 0.15) is 37.9 Å². The van der Waals surface area contributed by atoms with E-state index in [0.717, 1.165) is 11.1 Å². The van der Waals surface area contributed by atoms with Crippen molar-refractivity contribution in [3.63, 3.8) is 0 Å². The smallest absolute Gasteiger partial charge is 0.123 e. The molecule has 0 amide bonds. The zero-order valence-electron chi connectivity index (χ0n) is 12.4. The summed E-state index contributed by atoms with van der Waals surface area (Å²) in [7, 11) is 0. The van der Waals surface area contributed by atoms with E-state index in [4.69, 9.17) is 0 Å². The minimum Gasteiger partial charge on any atom is -0.252 e. The maximum Gasteiger partial charge on any atom is 0.123 e. The predicted octanol–water partition coefficient (Wildman–Crippen LogP) is 5.09. The van der Waals surface area contributed by atoms with E-state index in [1.807, 2.05) is 0 Å². The average Bonchev–Trinajstić information content (AvgIpc) is 2.41. The number of hydrogen-bond acceptors (Lipinski definition) is 2. The van der Waals surface area contributed by atoms with Crippen molar-refractivity contribution in [3.05, 3.63) is 71.3 Å². The maximum absolute atomic E-state index is 13.1.